The summed E-state index contributed by atoms with van der Waals surface area (Å²) in [6.45, 7) is 1.50. The van der Waals surface area contributed by atoms with Gasteiger partial charge in [-0.05, 0) is 57.9 Å². The summed E-state index contributed by atoms with van der Waals surface area (Å²) in [4.78, 5) is 116. The van der Waals surface area contributed by atoms with Gasteiger partial charge in [0, 0.05) is 109 Å². The van der Waals surface area contributed by atoms with E-state index in [0.29, 0.717) is 76.2 Å². The maximum atomic E-state index is 11.8. The average molecular weight is 1020 g/mol. The fraction of sp³-hybridized carbons (Fsp3) is 0.714. The molecule has 26 heteroatoms. The lowest BCUT2D eigenvalue weighted by Crippen LogP contribution is -2.32. The molecule has 3 aliphatic heterocycles. The molecule has 0 aromatic carbocycles. The second-order valence-electron chi connectivity index (χ2n) is 15.1. The van der Waals surface area contributed by atoms with Crippen LogP contribution in [0.4, 0.5) is 0 Å². The van der Waals surface area contributed by atoms with Crippen LogP contribution in [0.25, 0.3) is 0 Å². The largest absolute Gasteiger partial charge is 0.471 e. The highest BCUT2D eigenvalue weighted by atomic mass is 31.2. The predicted molar refractivity (Wildman–Crippen MR) is 246 cm³/mol. The number of hydrogen-bond donors (Lipinski definition) is 6. The van der Waals surface area contributed by atoms with Gasteiger partial charge in [0.05, 0.1) is 13.2 Å². The Labute approximate surface area is 399 Å². The quantitative estimate of drug-likeness (QED) is 0.0320. The highest BCUT2D eigenvalue weighted by molar-refractivity contribution is 7.47. The van der Waals surface area contributed by atoms with E-state index >= 15 is 0 Å². The van der Waals surface area contributed by atoms with Crippen LogP contribution >= 0.6 is 15.6 Å². The zero-order chi connectivity index (χ0) is 49.5. The normalized spacial score (nSPS) is 16.8. The maximum absolute atomic E-state index is 11.8. The van der Waals surface area contributed by atoms with Gasteiger partial charge in [-0.15, -0.1) is 5.06 Å². The van der Waals surface area contributed by atoms with Gasteiger partial charge < -0.3 is 35.9 Å². The van der Waals surface area contributed by atoms with Crippen molar-refractivity contribution in [1.82, 2.24) is 20.2 Å². The molecule has 392 valence electrons. The first-order valence-electron chi connectivity index (χ1n) is 21.7. The van der Waals surface area contributed by atoms with E-state index in [4.69, 9.17) is 30.0 Å². The number of phosphoric ester groups is 2. The summed E-state index contributed by atoms with van der Waals surface area (Å²) in [6.07, 6.45) is 13.8. The van der Waals surface area contributed by atoms with Crippen LogP contribution in [0.15, 0.2) is 24.3 Å². The number of nitrogens with two attached hydrogens (primary N) is 1. The van der Waals surface area contributed by atoms with Gasteiger partial charge in [-0.25, -0.2) is 13.9 Å². The molecule has 4 atom stereocenters. The van der Waals surface area contributed by atoms with Crippen molar-refractivity contribution in [1.29, 1.82) is 0 Å². The molecule has 0 saturated carbocycles. The number of hydroxylamine groups is 2. The Morgan fingerprint density at radius 3 is 1.46 bits per heavy atom. The van der Waals surface area contributed by atoms with Crippen molar-refractivity contribution in [3.05, 3.63) is 24.3 Å². The van der Waals surface area contributed by atoms with Crippen molar-refractivity contribution in [2.45, 2.75) is 118 Å². The van der Waals surface area contributed by atoms with Crippen molar-refractivity contribution in [2.24, 2.45) is 17.6 Å². The molecule has 3 heterocycles. The molecule has 0 radical (unpaired) electrons. The molecule has 0 aromatic heterocycles. The van der Waals surface area contributed by atoms with Crippen molar-refractivity contribution in [3.63, 3.8) is 0 Å². The highest BCUT2D eigenvalue weighted by Gasteiger charge is 2.33. The number of carbonyl (C=O) groups is 8. The zero-order valence-corrected chi connectivity index (χ0v) is 39.4. The standard InChI is InChI=1S/C18H31N2O8P.C14H16N2O6.C8H20NO5P.2CH4/c1-27-29(25,26)28-14-15(13-21)7-4-5-11-19-16(22)8-3-2-6-12-20-17(23)9-10-18(20)24;17-10-5-6-11(18)15(10)9-3-1-2-4-14(21)22-16-12(19)7-8-13(16)20;1-13-15(11,12)14-7-8(6-10)4-2-3-5-9;;/h9-10,15,21H,2-8,11-14H2,1H3,(H,19,22)(H,25,26);5-6H,1-4,7-9H2;8,10H,2-7,9H2,1H3,(H,11,12);2*1H4. The minimum Gasteiger partial charge on any atom is -0.396 e. The lowest BCUT2D eigenvalue weighted by atomic mass is 10.0. The fourth-order valence-electron chi connectivity index (χ4n) is 5.97. The Balaban J connectivity index is 0. The Kier molecular flexibility index (Phi) is 35.8. The molecular formula is C42H75N5O19P2. The minimum atomic E-state index is -4.03. The van der Waals surface area contributed by atoms with Gasteiger partial charge in [0.25, 0.3) is 35.4 Å². The minimum absolute atomic E-state index is 0. The van der Waals surface area contributed by atoms with Crippen molar-refractivity contribution in [3.8, 4) is 0 Å². The topological polar surface area (TPSA) is 346 Å². The SMILES string of the molecule is C.C.COP(=O)(O)OCC(CO)CCCCN.COP(=O)(O)OCC(CO)CCCCNC(=O)CCCCCN1C(=O)C=CC1=O.O=C(CCCCCN1C(=O)C=CC1=O)ON1C(=O)CCC1=O. The van der Waals surface area contributed by atoms with E-state index in [1.165, 1.54) is 29.2 Å². The lowest BCUT2D eigenvalue weighted by molar-refractivity contribution is -0.197. The van der Waals surface area contributed by atoms with E-state index in [0.717, 1.165) is 57.6 Å². The second kappa shape index (κ2) is 36.9. The molecule has 0 aliphatic carbocycles. The van der Waals surface area contributed by atoms with Gasteiger partial charge in [0.15, 0.2) is 0 Å². The van der Waals surface area contributed by atoms with E-state index in [2.05, 4.69) is 18.9 Å². The second-order valence-corrected chi connectivity index (χ2v) is 18.2. The number of aliphatic hydroxyl groups excluding tert-OH is 2. The molecule has 3 rings (SSSR count). The molecule has 3 aliphatic rings. The van der Waals surface area contributed by atoms with Crippen molar-refractivity contribution >= 4 is 63.0 Å². The molecule has 7 amide bonds. The summed E-state index contributed by atoms with van der Waals surface area (Å²) in [5.74, 6) is -3.33. The van der Waals surface area contributed by atoms with Crippen LogP contribution in [0.5, 0.6) is 0 Å². The molecule has 7 N–H and O–H groups in total. The van der Waals surface area contributed by atoms with Crippen LogP contribution in [0, 0.1) is 11.8 Å². The summed E-state index contributed by atoms with van der Waals surface area (Å²) < 4.78 is 40.1. The van der Waals surface area contributed by atoms with Crippen molar-refractivity contribution < 1.29 is 90.4 Å². The number of imide groups is 3. The number of carbonyl (C=O) groups excluding carboxylic acids is 8. The third kappa shape index (κ3) is 28.4. The first-order valence-corrected chi connectivity index (χ1v) is 24.7. The summed E-state index contributed by atoms with van der Waals surface area (Å²) in [7, 11) is -5.78. The van der Waals surface area contributed by atoms with E-state index in [1.54, 1.807) is 0 Å². The Morgan fingerprint density at radius 1 is 0.647 bits per heavy atom. The number of unbranched alkanes of at least 4 members (excludes halogenated alkanes) is 6. The maximum Gasteiger partial charge on any atom is 0.471 e. The van der Waals surface area contributed by atoms with Gasteiger partial charge in [-0.2, -0.15) is 0 Å². The Morgan fingerprint density at radius 2 is 1.06 bits per heavy atom. The fourth-order valence-corrected chi connectivity index (χ4v) is 6.98. The number of phosphoric acid groups is 2. The third-order valence-corrected chi connectivity index (χ3v) is 11.8. The third-order valence-electron chi connectivity index (χ3n) is 9.90. The van der Waals surface area contributed by atoms with E-state index in [9.17, 15) is 52.6 Å². The van der Waals surface area contributed by atoms with Crippen LogP contribution in [0.2, 0.25) is 0 Å². The average Bonchev–Trinajstić information content (AvgIpc) is 3.91. The van der Waals surface area contributed by atoms with Gasteiger partial charge in [0.1, 0.15) is 0 Å². The highest BCUT2D eigenvalue weighted by Crippen LogP contribution is 2.43. The van der Waals surface area contributed by atoms with Crippen LogP contribution in [0.1, 0.15) is 118 Å². The van der Waals surface area contributed by atoms with Crippen LogP contribution < -0.4 is 11.1 Å². The first-order chi connectivity index (χ1) is 31.3. The van der Waals surface area contributed by atoms with Gasteiger partial charge in [-0.3, -0.25) is 61.5 Å². The molecule has 1 saturated heterocycles. The van der Waals surface area contributed by atoms with Gasteiger partial charge >= 0.3 is 21.6 Å². The van der Waals surface area contributed by atoms with Gasteiger partial charge in [-0.1, -0.05) is 40.5 Å². The number of hydrogen-bond acceptors (Lipinski definition) is 18. The number of amides is 7. The summed E-state index contributed by atoms with van der Waals surface area (Å²) in [6, 6.07) is 0. The van der Waals surface area contributed by atoms with Gasteiger partial charge in [0.2, 0.25) is 5.91 Å². The molecule has 4 unspecified atom stereocenters. The number of nitrogens with zero attached hydrogens (tertiary/aromatic N) is 3. The van der Waals surface area contributed by atoms with E-state index in [-0.39, 0.29) is 102 Å². The molecule has 0 bridgehead atoms. The summed E-state index contributed by atoms with van der Waals surface area (Å²) >= 11 is 0. The predicted octanol–water partition coefficient (Wildman–Crippen LogP) is 2.97. The molecule has 1 fully saturated rings. The summed E-state index contributed by atoms with van der Waals surface area (Å²) in [5, 5.41) is 21.6. The molecule has 0 spiro atoms. The lowest BCUT2D eigenvalue weighted by Gasteiger charge is -2.16. The number of rotatable bonds is 32. The Hall–Kier alpha value is -4.06. The number of aliphatic hydroxyl groups is 2. The summed E-state index contributed by atoms with van der Waals surface area (Å²) in [5.41, 5.74) is 5.32. The molecule has 68 heavy (non-hydrogen) atoms. The molecule has 24 nitrogen and oxygen atoms in total. The van der Waals surface area contributed by atoms with E-state index in [1.807, 2.05) is 0 Å². The van der Waals surface area contributed by atoms with E-state index < -0.39 is 33.4 Å². The Bertz CT molecular complexity index is 1700. The smallest absolute Gasteiger partial charge is 0.396 e. The van der Waals surface area contributed by atoms with Crippen LogP contribution in [-0.4, -0.2) is 149 Å². The molecule has 0 aromatic rings. The molecular weight excluding hydrogens is 940 g/mol. The monoisotopic (exact) mass is 1020 g/mol. The van der Waals surface area contributed by atoms with Crippen LogP contribution in [-0.2, 0) is 70.4 Å². The van der Waals surface area contributed by atoms with Crippen molar-refractivity contribution in [2.75, 3.05) is 66.8 Å². The van der Waals surface area contributed by atoms with Crippen LogP contribution in [0.3, 0.4) is 0 Å². The number of nitrogens with one attached hydrogen (secondary N) is 1. The first kappa shape index (κ1) is 66.0. The zero-order valence-electron chi connectivity index (χ0n) is 37.7.